The maximum absolute atomic E-state index is 6.73. The predicted molar refractivity (Wildman–Crippen MR) is 235 cm³/mol. The van der Waals surface area contributed by atoms with Crippen molar-refractivity contribution in [2.24, 2.45) is 0 Å². The molecule has 0 radical (unpaired) electrons. The fourth-order valence-corrected chi connectivity index (χ4v) is 8.04. The Morgan fingerprint density at radius 1 is 0.333 bits per heavy atom. The lowest BCUT2D eigenvalue weighted by Gasteiger charge is -2.27. The van der Waals surface area contributed by atoms with Gasteiger partial charge in [0.25, 0.3) is 0 Å². The second-order valence-electron chi connectivity index (χ2n) is 14.4. The van der Waals surface area contributed by atoms with E-state index in [2.05, 4.69) is 181 Å². The van der Waals surface area contributed by atoms with E-state index < -0.39 is 0 Å². The number of hydrogen-bond acceptors (Lipinski definition) is 4. The first kappa shape index (κ1) is 32.7. The molecule has 268 valence electrons. The van der Waals surface area contributed by atoms with E-state index in [0.717, 1.165) is 72.0 Å². The highest BCUT2D eigenvalue weighted by molar-refractivity contribution is 6.20. The van der Waals surface area contributed by atoms with E-state index in [1.54, 1.807) is 0 Å². The Bertz CT molecular complexity index is 3170. The standard InChI is InChI=1S/C53H34N2O2/c1-3-11-35(12-4-1)37-19-21-38(22-20-37)40-25-30-43(31-26-40)55(42-28-23-39(24-29-42)36-13-5-2-6-14-36)49-34-47-45-32-27-41(53-54-48-17-9-10-18-50(48)57-53)33-51(45)56-52(47)46-16-8-7-15-44(46)49/h1-34H. The van der Waals surface area contributed by atoms with Crippen LogP contribution in [0, 0.1) is 0 Å². The summed E-state index contributed by atoms with van der Waals surface area (Å²) in [6, 6.07) is 72.5. The Balaban J connectivity index is 1.05. The van der Waals surface area contributed by atoms with Crippen LogP contribution < -0.4 is 4.90 Å². The fourth-order valence-electron chi connectivity index (χ4n) is 8.04. The van der Waals surface area contributed by atoms with Crippen molar-refractivity contribution < 1.29 is 8.83 Å². The summed E-state index contributed by atoms with van der Waals surface area (Å²) in [6.07, 6.45) is 0. The average Bonchev–Trinajstić information content (AvgIpc) is 3.90. The van der Waals surface area contributed by atoms with Crippen LogP contribution in [-0.2, 0) is 0 Å². The normalized spacial score (nSPS) is 11.5. The van der Waals surface area contributed by atoms with Crippen LogP contribution in [0.4, 0.5) is 17.1 Å². The summed E-state index contributed by atoms with van der Waals surface area (Å²) >= 11 is 0. The molecule has 0 spiro atoms. The van der Waals surface area contributed by atoms with E-state index in [1.165, 1.54) is 27.8 Å². The second kappa shape index (κ2) is 13.6. The highest BCUT2D eigenvalue weighted by atomic mass is 16.3. The monoisotopic (exact) mass is 730 g/mol. The van der Waals surface area contributed by atoms with Crippen molar-refractivity contribution in [2.45, 2.75) is 0 Å². The van der Waals surface area contributed by atoms with Gasteiger partial charge in [-0.2, -0.15) is 0 Å². The molecule has 0 aliphatic heterocycles. The van der Waals surface area contributed by atoms with Gasteiger partial charge >= 0.3 is 0 Å². The molecule has 0 saturated carbocycles. The van der Waals surface area contributed by atoms with E-state index in [-0.39, 0.29) is 0 Å². The SMILES string of the molecule is c1ccc(-c2ccc(-c3ccc(N(c4ccc(-c5ccccc5)cc4)c4cc5c6ccc(-c7nc8ccccc8o7)cc6oc5c5ccccc45)cc3)cc2)cc1. The van der Waals surface area contributed by atoms with Crippen LogP contribution in [0.3, 0.4) is 0 Å². The van der Waals surface area contributed by atoms with Gasteiger partial charge in [0.05, 0.1) is 5.69 Å². The first-order valence-corrected chi connectivity index (χ1v) is 19.2. The zero-order valence-electron chi connectivity index (χ0n) is 30.8. The summed E-state index contributed by atoms with van der Waals surface area (Å²) in [5, 5.41) is 4.22. The Kier molecular flexibility index (Phi) is 7.78. The zero-order valence-corrected chi connectivity index (χ0v) is 30.8. The molecule has 11 aromatic rings. The van der Waals surface area contributed by atoms with Crippen LogP contribution in [0.15, 0.2) is 215 Å². The minimum absolute atomic E-state index is 0.574. The number of para-hydroxylation sites is 2. The number of hydrogen-bond donors (Lipinski definition) is 0. The molecule has 0 atom stereocenters. The number of furan rings is 1. The maximum atomic E-state index is 6.73. The number of fused-ring (bicyclic) bond motifs is 6. The van der Waals surface area contributed by atoms with Gasteiger partial charge in [-0.15, -0.1) is 0 Å². The van der Waals surface area contributed by atoms with Crippen LogP contribution in [0.2, 0.25) is 0 Å². The minimum Gasteiger partial charge on any atom is -0.455 e. The molecule has 2 aromatic heterocycles. The molecule has 57 heavy (non-hydrogen) atoms. The number of anilines is 3. The molecule has 2 heterocycles. The third kappa shape index (κ3) is 5.83. The van der Waals surface area contributed by atoms with Gasteiger partial charge in [-0.25, -0.2) is 4.98 Å². The van der Waals surface area contributed by atoms with E-state index in [9.17, 15) is 0 Å². The Morgan fingerprint density at radius 3 is 1.42 bits per heavy atom. The molecular formula is C53H34N2O2. The third-order valence-electron chi connectivity index (χ3n) is 10.9. The molecule has 0 unspecified atom stereocenters. The number of benzene rings is 9. The Labute approximate surface area is 329 Å². The molecule has 0 N–H and O–H groups in total. The van der Waals surface area contributed by atoms with Crippen molar-refractivity contribution in [2.75, 3.05) is 4.90 Å². The summed E-state index contributed by atoms with van der Waals surface area (Å²) < 4.78 is 12.9. The van der Waals surface area contributed by atoms with Gasteiger partial charge in [-0.1, -0.05) is 146 Å². The second-order valence-corrected chi connectivity index (χ2v) is 14.4. The average molecular weight is 731 g/mol. The summed E-state index contributed by atoms with van der Waals surface area (Å²) in [4.78, 5) is 7.12. The quantitative estimate of drug-likeness (QED) is 0.164. The maximum Gasteiger partial charge on any atom is 0.227 e. The number of nitrogens with zero attached hydrogens (tertiary/aromatic N) is 2. The van der Waals surface area contributed by atoms with Gasteiger partial charge in [0, 0.05) is 38.5 Å². The summed E-state index contributed by atoms with van der Waals surface area (Å²) in [5.74, 6) is 0.574. The minimum atomic E-state index is 0.574. The van der Waals surface area contributed by atoms with Crippen LogP contribution in [-0.4, -0.2) is 4.98 Å². The van der Waals surface area contributed by atoms with E-state index in [4.69, 9.17) is 13.8 Å². The van der Waals surface area contributed by atoms with Crippen molar-refractivity contribution >= 4 is 60.9 Å². The lowest BCUT2D eigenvalue weighted by molar-refractivity contribution is 0.619. The largest absolute Gasteiger partial charge is 0.455 e. The highest BCUT2D eigenvalue weighted by Crippen LogP contribution is 2.45. The number of oxazole rings is 1. The molecule has 0 saturated heterocycles. The molecule has 4 nitrogen and oxygen atoms in total. The molecule has 4 heteroatoms. The van der Waals surface area contributed by atoms with Gasteiger partial charge < -0.3 is 13.7 Å². The smallest absolute Gasteiger partial charge is 0.227 e. The predicted octanol–water partition coefficient (Wildman–Crippen LogP) is 15.0. The van der Waals surface area contributed by atoms with Gasteiger partial charge in [0.2, 0.25) is 5.89 Å². The fraction of sp³-hybridized carbons (Fsp3) is 0. The molecule has 0 aliphatic carbocycles. The molecule has 0 aliphatic rings. The number of aromatic nitrogens is 1. The van der Waals surface area contributed by atoms with Crippen molar-refractivity contribution in [1.29, 1.82) is 0 Å². The van der Waals surface area contributed by atoms with Gasteiger partial charge in [0.15, 0.2) is 5.58 Å². The highest BCUT2D eigenvalue weighted by Gasteiger charge is 2.21. The van der Waals surface area contributed by atoms with Crippen molar-refractivity contribution in [3.63, 3.8) is 0 Å². The van der Waals surface area contributed by atoms with Crippen LogP contribution in [0.25, 0.3) is 88.6 Å². The Hall–Kier alpha value is -7.69. The zero-order chi connectivity index (χ0) is 37.7. The lowest BCUT2D eigenvalue weighted by Crippen LogP contribution is -2.10. The molecular weight excluding hydrogens is 697 g/mol. The molecule has 11 rings (SSSR count). The molecule has 0 fully saturated rings. The van der Waals surface area contributed by atoms with Crippen LogP contribution in [0.1, 0.15) is 0 Å². The first-order chi connectivity index (χ1) is 28.2. The Morgan fingerprint density at radius 2 is 0.825 bits per heavy atom. The van der Waals surface area contributed by atoms with E-state index >= 15 is 0 Å². The molecule has 0 amide bonds. The summed E-state index contributed by atoms with van der Waals surface area (Å²) in [5.41, 5.74) is 14.4. The van der Waals surface area contributed by atoms with Gasteiger partial charge in [-0.05, 0) is 94.0 Å². The molecule has 0 bridgehead atoms. The summed E-state index contributed by atoms with van der Waals surface area (Å²) in [7, 11) is 0. The van der Waals surface area contributed by atoms with E-state index in [1.807, 2.05) is 30.3 Å². The van der Waals surface area contributed by atoms with Gasteiger partial charge in [-0.3, -0.25) is 0 Å². The van der Waals surface area contributed by atoms with E-state index in [0.29, 0.717) is 5.89 Å². The first-order valence-electron chi connectivity index (χ1n) is 19.2. The van der Waals surface area contributed by atoms with Crippen LogP contribution >= 0.6 is 0 Å². The van der Waals surface area contributed by atoms with Crippen LogP contribution in [0.5, 0.6) is 0 Å². The summed E-state index contributed by atoms with van der Waals surface area (Å²) in [6.45, 7) is 0. The third-order valence-corrected chi connectivity index (χ3v) is 10.9. The molecule has 9 aromatic carbocycles. The topological polar surface area (TPSA) is 42.4 Å². The van der Waals surface area contributed by atoms with Crippen molar-refractivity contribution in [3.05, 3.63) is 206 Å². The number of rotatable bonds is 7. The van der Waals surface area contributed by atoms with Crippen molar-refractivity contribution in [3.8, 4) is 44.8 Å². The van der Waals surface area contributed by atoms with Crippen molar-refractivity contribution in [1.82, 2.24) is 4.98 Å². The lowest BCUT2D eigenvalue weighted by atomic mass is 9.99. The van der Waals surface area contributed by atoms with Gasteiger partial charge in [0.1, 0.15) is 16.7 Å².